The molecule has 5 nitrogen and oxygen atoms in total. The predicted molar refractivity (Wildman–Crippen MR) is 81.5 cm³/mol. The molecule has 1 aliphatic rings. The van der Waals surface area contributed by atoms with E-state index in [2.05, 4.69) is 10.2 Å². The van der Waals surface area contributed by atoms with Crippen molar-refractivity contribution in [2.45, 2.75) is 18.7 Å². The largest absolute Gasteiger partial charge is 0.383 e. The normalized spacial score (nSPS) is 21.7. The van der Waals surface area contributed by atoms with Crippen LogP contribution in [-0.2, 0) is 14.6 Å². The Kier molecular flexibility index (Phi) is 8.32. The van der Waals surface area contributed by atoms with Crippen LogP contribution in [0.4, 0.5) is 0 Å². The lowest BCUT2D eigenvalue weighted by molar-refractivity contribution is 0.198. The molecule has 1 aliphatic heterocycles. The Morgan fingerprint density at radius 3 is 2.89 bits per heavy atom. The molecule has 0 aromatic rings. The van der Waals surface area contributed by atoms with Crippen molar-refractivity contribution in [1.82, 2.24) is 10.2 Å². The zero-order valence-electron chi connectivity index (χ0n) is 11.9. The van der Waals surface area contributed by atoms with Crippen molar-refractivity contribution in [3.05, 3.63) is 0 Å². The van der Waals surface area contributed by atoms with Crippen LogP contribution in [0, 0.1) is 0 Å². The maximum absolute atomic E-state index is 12.1. The summed E-state index contributed by atoms with van der Waals surface area (Å²) >= 11 is 1.75. The van der Waals surface area contributed by atoms with Crippen molar-refractivity contribution in [1.29, 1.82) is 0 Å². The van der Waals surface area contributed by atoms with Gasteiger partial charge in [-0.05, 0) is 13.0 Å². The van der Waals surface area contributed by atoms with E-state index in [4.69, 9.17) is 4.74 Å². The van der Waals surface area contributed by atoms with E-state index in [0.29, 0.717) is 12.4 Å². The van der Waals surface area contributed by atoms with Crippen LogP contribution in [0.25, 0.3) is 0 Å². The van der Waals surface area contributed by atoms with Gasteiger partial charge in [0.1, 0.15) is 5.37 Å². The van der Waals surface area contributed by atoms with Crippen molar-refractivity contribution < 1.29 is 13.2 Å². The van der Waals surface area contributed by atoms with Crippen molar-refractivity contribution in [2.24, 2.45) is 0 Å². The van der Waals surface area contributed by atoms with Crippen LogP contribution in [-0.4, -0.2) is 75.8 Å². The summed E-state index contributed by atoms with van der Waals surface area (Å²) in [5, 5.41) is 3.00. The van der Waals surface area contributed by atoms with Crippen molar-refractivity contribution in [3.63, 3.8) is 0 Å². The third-order valence-electron chi connectivity index (χ3n) is 3.29. The second kappa shape index (κ2) is 9.18. The van der Waals surface area contributed by atoms with Gasteiger partial charge < -0.3 is 10.1 Å². The molecule has 1 atom stereocenters. The fraction of sp³-hybridized carbons (Fsp3) is 1.00. The quantitative estimate of drug-likeness (QED) is 0.623. The topological polar surface area (TPSA) is 58.6 Å². The van der Waals surface area contributed by atoms with Gasteiger partial charge >= 0.3 is 0 Å². The van der Waals surface area contributed by atoms with E-state index >= 15 is 0 Å². The van der Waals surface area contributed by atoms with E-state index < -0.39 is 9.84 Å². The van der Waals surface area contributed by atoms with Crippen molar-refractivity contribution in [2.75, 3.05) is 57.2 Å². The van der Waals surface area contributed by atoms with E-state index in [-0.39, 0.29) is 11.1 Å². The molecule has 1 rings (SSSR count). The fourth-order valence-electron chi connectivity index (χ4n) is 2.10. The van der Waals surface area contributed by atoms with Crippen molar-refractivity contribution >= 4 is 21.6 Å². The Morgan fingerprint density at radius 1 is 1.42 bits per heavy atom. The van der Waals surface area contributed by atoms with Crippen LogP contribution in [0.3, 0.4) is 0 Å². The number of hydrogen-bond acceptors (Lipinski definition) is 6. The van der Waals surface area contributed by atoms with Crippen LogP contribution in [0.5, 0.6) is 0 Å². The number of hydrogen-bond donors (Lipinski definition) is 1. The lowest BCUT2D eigenvalue weighted by Crippen LogP contribution is -2.48. The Hall–Kier alpha value is 0.180. The number of thioether (sulfide) groups is 1. The SMILES string of the molecule is CCS(=O)(=O)C1CSCCN1CCCNCCOC. The number of ether oxygens (including phenoxy) is 1. The zero-order valence-corrected chi connectivity index (χ0v) is 13.6. The molecular formula is C12H26N2O3S2. The van der Waals surface area contributed by atoms with E-state index in [1.165, 1.54) is 0 Å². The standard InChI is InChI=1S/C12H26N2O3S2/c1-3-19(15,16)12-11-18-10-8-14(12)7-4-5-13-6-9-17-2/h12-13H,3-11H2,1-2H3. The molecular weight excluding hydrogens is 284 g/mol. The highest BCUT2D eigenvalue weighted by Gasteiger charge is 2.32. The average Bonchev–Trinajstić information content (AvgIpc) is 2.43. The first-order valence-corrected chi connectivity index (χ1v) is 9.72. The molecule has 0 aromatic carbocycles. The smallest absolute Gasteiger partial charge is 0.166 e. The number of methoxy groups -OCH3 is 1. The molecule has 19 heavy (non-hydrogen) atoms. The van der Waals surface area contributed by atoms with E-state index in [0.717, 1.165) is 38.4 Å². The molecule has 1 N–H and O–H groups in total. The molecule has 0 spiro atoms. The molecule has 0 saturated carbocycles. The van der Waals surface area contributed by atoms with Gasteiger partial charge in [0.05, 0.1) is 6.61 Å². The number of nitrogens with zero attached hydrogens (tertiary/aromatic N) is 1. The summed E-state index contributed by atoms with van der Waals surface area (Å²) in [6, 6.07) is 0. The van der Waals surface area contributed by atoms with Gasteiger partial charge in [0.25, 0.3) is 0 Å². The summed E-state index contributed by atoms with van der Waals surface area (Å²) in [4.78, 5) is 2.13. The molecule has 0 aromatic heterocycles. The van der Waals surface area contributed by atoms with Gasteiger partial charge in [-0.2, -0.15) is 11.8 Å². The fourth-order valence-corrected chi connectivity index (χ4v) is 5.21. The van der Waals surface area contributed by atoms with E-state index in [1.54, 1.807) is 25.8 Å². The molecule has 1 heterocycles. The van der Waals surface area contributed by atoms with Gasteiger partial charge in [-0.25, -0.2) is 8.42 Å². The van der Waals surface area contributed by atoms with Crippen LogP contribution in [0.1, 0.15) is 13.3 Å². The average molecular weight is 310 g/mol. The first-order chi connectivity index (χ1) is 9.11. The zero-order chi connectivity index (χ0) is 14.1. The number of nitrogens with one attached hydrogen (secondary N) is 1. The van der Waals surface area contributed by atoms with Gasteiger partial charge in [0.15, 0.2) is 9.84 Å². The Labute approximate surface area is 121 Å². The first kappa shape index (κ1) is 17.2. The minimum atomic E-state index is -2.96. The second-order valence-corrected chi connectivity index (χ2v) is 8.21. The minimum Gasteiger partial charge on any atom is -0.383 e. The molecule has 0 aliphatic carbocycles. The molecule has 7 heteroatoms. The van der Waals surface area contributed by atoms with Crippen LogP contribution in [0.2, 0.25) is 0 Å². The molecule has 114 valence electrons. The lowest BCUT2D eigenvalue weighted by atomic mass is 10.3. The maximum Gasteiger partial charge on any atom is 0.166 e. The summed E-state index contributed by atoms with van der Waals surface area (Å²) in [6.07, 6.45) is 0.976. The van der Waals surface area contributed by atoms with E-state index in [1.807, 2.05) is 0 Å². The summed E-state index contributed by atoms with van der Waals surface area (Å²) in [7, 11) is -1.27. The van der Waals surface area contributed by atoms with Crippen LogP contribution in [0.15, 0.2) is 0 Å². The highest BCUT2D eigenvalue weighted by molar-refractivity contribution is 8.01. The van der Waals surface area contributed by atoms with Gasteiger partial charge in [0, 0.05) is 44.0 Å². The summed E-state index contributed by atoms with van der Waals surface area (Å²) in [5.41, 5.74) is 0. The minimum absolute atomic E-state index is 0.237. The maximum atomic E-state index is 12.1. The summed E-state index contributed by atoms with van der Waals surface area (Å²) in [6.45, 7) is 5.94. The molecule has 1 unspecified atom stereocenters. The predicted octanol–water partition coefficient (Wildman–Crippen LogP) is 0.422. The highest BCUT2D eigenvalue weighted by atomic mass is 32.2. The molecule has 1 fully saturated rings. The van der Waals surface area contributed by atoms with Gasteiger partial charge in [-0.1, -0.05) is 6.92 Å². The lowest BCUT2D eigenvalue weighted by Gasteiger charge is -2.34. The Morgan fingerprint density at radius 2 is 2.21 bits per heavy atom. The van der Waals surface area contributed by atoms with Gasteiger partial charge in [-0.3, -0.25) is 4.90 Å². The Bertz CT molecular complexity index is 336. The van der Waals surface area contributed by atoms with E-state index in [9.17, 15) is 8.42 Å². The van der Waals surface area contributed by atoms with Gasteiger partial charge in [0.2, 0.25) is 0 Å². The molecule has 1 saturated heterocycles. The van der Waals surface area contributed by atoms with Gasteiger partial charge in [-0.15, -0.1) is 0 Å². The van der Waals surface area contributed by atoms with Crippen LogP contribution < -0.4 is 5.32 Å². The third-order valence-corrected chi connectivity index (χ3v) is 6.62. The molecule has 0 bridgehead atoms. The van der Waals surface area contributed by atoms with Crippen molar-refractivity contribution in [3.8, 4) is 0 Å². The summed E-state index contributed by atoms with van der Waals surface area (Å²) < 4.78 is 29.1. The molecule has 0 amide bonds. The van der Waals surface area contributed by atoms with Crippen LogP contribution >= 0.6 is 11.8 Å². The highest BCUT2D eigenvalue weighted by Crippen LogP contribution is 2.21. The first-order valence-electron chi connectivity index (χ1n) is 6.85. The monoisotopic (exact) mass is 310 g/mol. The number of sulfone groups is 1. The molecule has 0 radical (unpaired) electrons. The number of rotatable bonds is 9. The third kappa shape index (κ3) is 5.99. The second-order valence-electron chi connectivity index (χ2n) is 4.61. The summed E-state index contributed by atoms with van der Waals surface area (Å²) in [5.74, 6) is 1.99. The Balaban J connectivity index is 2.33.